The van der Waals surface area contributed by atoms with Crippen LogP contribution in [0.4, 0.5) is 0 Å². The van der Waals surface area contributed by atoms with Crippen LogP contribution in [0, 0.1) is 0 Å². The third-order valence-corrected chi connectivity index (χ3v) is 4.51. The van der Waals surface area contributed by atoms with Crippen molar-refractivity contribution in [2.24, 2.45) is 0 Å². The Labute approximate surface area is 154 Å². The summed E-state index contributed by atoms with van der Waals surface area (Å²) in [5.74, 6) is 0.400. The summed E-state index contributed by atoms with van der Waals surface area (Å²) in [6.07, 6.45) is 16.8. The van der Waals surface area contributed by atoms with Crippen molar-refractivity contribution in [3.63, 3.8) is 0 Å². The van der Waals surface area contributed by atoms with Gasteiger partial charge in [-0.15, -0.1) is 0 Å². The van der Waals surface area contributed by atoms with Crippen LogP contribution in [0.15, 0.2) is 11.8 Å². The quantitative estimate of drug-likeness (QED) is 0.169. The van der Waals surface area contributed by atoms with Crippen molar-refractivity contribution < 1.29 is 19.0 Å². The number of unbranched alkanes of at least 4 members (excludes halogenated alkanes) is 8. The number of ether oxygens (including phenoxy) is 3. The fourth-order valence-corrected chi connectivity index (χ4v) is 3.06. The van der Waals surface area contributed by atoms with E-state index in [4.69, 9.17) is 14.2 Å². The first-order valence-corrected chi connectivity index (χ1v) is 10.4. The summed E-state index contributed by atoms with van der Waals surface area (Å²) >= 11 is 0. The van der Waals surface area contributed by atoms with E-state index in [1.807, 2.05) is 6.92 Å². The van der Waals surface area contributed by atoms with Crippen molar-refractivity contribution in [3.05, 3.63) is 11.8 Å². The molecule has 1 saturated heterocycles. The lowest BCUT2D eigenvalue weighted by Gasteiger charge is -2.24. The fourth-order valence-electron chi connectivity index (χ4n) is 3.06. The highest BCUT2D eigenvalue weighted by Crippen LogP contribution is 2.20. The van der Waals surface area contributed by atoms with Crippen LogP contribution < -0.4 is 0 Å². The van der Waals surface area contributed by atoms with Crippen molar-refractivity contribution in [3.8, 4) is 0 Å². The lowest BCUT2D eigenvalue weighted by Crippen LogP contribution is -2.22. The number of esters is 1. The van der Waals surface area contributed by atoms with Gasteiger partial charge in [-0.3, -0.25) is 0 Å². The Morgan fingerprint density at radius 1 is 1.00 bits per heavy atom. The highest BCUT2D eigenvalue weighted by atomic mass is 16.7. The summed E-state index contributed by atoms with van der Waals surface area (Å²) in [4.78, 5) is 11.7. The molecule has 1 aliphatic heterocycles. The molecule has 0 amide bonds. The second-order valence-corrected chi connectivity index (χ2v) is 6.86. The maximum atomic E-state index is 11.7. The molecule has 1 aliphatic rings. The largest absolute Gasteiger partial charge is 0.469 e. The van der Waals surface area contributed by atoms with E-state index in [1.165, 1.54) is 57.4 Å². The Balaban J connectivity index is 2.24. The van der Waals surface area contributed by atoms with E-state index >= 15 is 0 Å². The van der Waals surface area contributed by atoms with E-state index in [0.29, 0.717) is 12.4 Å². The van der Waals surface area contributed by atoms with Gasteiger partial charge in [0, 0.05) is 12.8 Å². The number of hydrogen-bond donors (Lipinski definition) is 0. The van der Waals surface area contributed by atoms with Gasteiger partial charge in [-0.25, -0.2) is 4.79 Å². The van der Waals surface area contributed by atoms with Gasteiger partial charge in [0.1, 0.15) is 5.76 Å². The van der Waals surface area contributed by atoms with Crippen LogP contribution in [0.25, 0.3) is 0 Å². The molecule has 146 valence electrons. The molecule has 0 saturated carbocycles. The van der Waals surface area contributed by atoms with Gasteiger partial charge in [0.15, 0.2) is 6.29 Å². The maximum absolute atomic E-state index is 11.7. The normalized spacial score (nSPS) is 18.2. The first kappa shape index (κ1) is 22.0. The van der Waals surface area contributed by atoms with Crippen LogP contribution in [0.5, 0.6) is 0 Å². The summed E-state index contributed by atoms with van der Waals surface area (Å²) in [6, 6.07) is 0. The third kappa shape index (κ3) is 12.0. The summed E-state index contributed by atoms with van der Waals surface area (Å²) in [7, 11) is 0. The fraction of sp³-hybridized carbons (Fsp3) is 0.857. The number of hydrogen-bond acceptors (Lipinski definition) is 4. The Morgan fingerprint density at radius 2 is 1.68 bits per heavy atom. The molecule has 4 heteroatoms. The van der Waals surface area contributed by atoms with Crippen LogP contribution in [0.1, 0.15) is 97.3 Å². The minimum Gasteiger partial charge on any atom is -0.469 e. The molecule has 0 aromatic carbocycles. The van der Waals surface area contributed by atoms with Crippen LogP contribution in [-0.4, -0.2) is 25.5 Å². The molecule has 4 nitrogen and oxygen atoms in total. The number of allylic oxidation sites excluding steroid dienone is 1. The molecule has 1 heterocycles. The zero-order chi connectivity index (χ0) is 18.2. The lowest BCUT2D eigenvalue weighted by molar-refractivity contribution is -0.144. The average Bonchev–Trinajstić information content (AvgIpc) is 2.61. The standard InChI is InChI=1S/C21H38O4/c1-3-5-6-7-8-9-10-11-12-15-19(18-20(22)23-4-2)25-21-16-13-14-17-24-21/h18,21H,3-17H2,1-2H3/t21-/m1/s1. The zero-order valence-electron chi connectivity index (χ0n) is 16.4. The molecule has 0 bridgehead atoms. The molecular formula is C21H38O4. The van der Waals surface area contributed by atoms with E-state index in [0.717, 1.165) is 38.7 Å². The minimum atomic E-state index is -0.316. The highest BCUT2D eigenvalue weighted by Gasteiger charge is 2.17. The Hall–Kier alpha value is -1.03. The van der Waals surface area contributed by atoms with Crippen molar-refractivity contribution >= 4 is 5.97 Å². The minimum absolute atomic E-state index is 0.201. The molecule has 0 aromatic heterocycles. The van der Waals surface area contributed by atoms with E-state index in [1.54, 1.807) is 0 Å². The number of carbonyl (C=O) groups excluding carboxylic acids is 1. The Kier molecular flexibility index (Phi) is 13.4. The van der Waals surface area contributed by atoms with E-state index in [9.17, 15) is 4.79 Å². The summed E-state index contributed by atoms with van der Waals surface area (Å²) < 4.78 is 16.6. The molecular weight excluding hydrogens is 316 g/mol. The van der Waals surface area contributed by atoms with Crippen LogP contribution in [0.3, 0.4) is 0 Å². The monoisotopic (exact) mass is 354 g/mol. The Bertz CT molecular complexity index is 359. The molecule has 1 fully saturated rings. The molecule has 1 atom stereocenters. The number of carbonyl (C=O) groups is 1. The van der Waals surface area contributed by atoms with E-state index in [-0.39, 0.29) is 12.3 Å². The smallest absolute Gasteiger partial charge is 0.334 e. The molecule has 25 heavy (non-hydrogen) atoms. The molecule has 0 aromatic rings. The summed E-state index contributed by atoms with van der Waals surface area (Å²) in [5, 5.41) is 0. The van der Waals surface area contributed by atoms with Gasteiger partial charge in [0.05, 0.1) is 19.3 Å². The molecule has 0 spiro atoms. The first-order chi connectivity index (χ1) is 12.3. The van der Waals surface area contributed by atoms with Crippen LogP contribution in [-0.2, 0) is 19.0 Å². The van der Waals surface area contributed by atoms with Gasteiger partial charge in [-0.1, -0.05) is 58.3 Å². The second kappa shape index (κ2) is 15.2. The van der Waals surface area contributed by atoms with Gasteiger partial charge in [0.2, 0.25) is 0 Å². The van der Waals surface area contributed by atoms with Crippen molar-refractivity contribution in [1.29, 1.82) is 0 Å². The first-order valence-electron chi connectivity index (χ1n) is 10.4. The maximum Gasteiger partial charge on any atom is 0.334 e. The third-order valence-electron chi connectivity index (χ3n) is 4.51. The number of rotatable bonds is 14. The summed E-state index contributed by atoms with van der Waals surface area (Å²) in [6.45, 7) is 5.20. The van der Waals surface area contributed by atoms with Crippen LogP contribution in [0.2, 0.25) is 0 Å². The SMILES string of the molecule is CCCCCCCCCCCC(=CC(=O)OCC)O[C@@H]1CCCCO1. The van der Waals surface area contributed by atoms with Crippen molar-refractivity contribution in [2.75, 3.05) is 13.2 Å². The van der Waals surface area contributed by atoms with E-state index in [2.05, 4.69) is 6.92 Å². The molecule has 0 radical (unpaired) electrons. The van der Waals surface area contributed by atoms with Gasteiger partial charge in [0.25, 0.3) is 0 Å². The highest BCUT2D eigenvalue weighted by molar-refractivity contribution is 5.82. The Morgan fingerprint density at radius 3 is 2.28 bits per heavy atom. The molecule has 1 rings (SSSR count). The van der Waals surface area contributed by atoms with Crippen LogP contribution >= 0.6 is 0 Å². The van der Waals surface area contributed by atoms with Gasteiger partial charge in [-0.2, -0.15) is 0 Å². The summed E-state index contributed by atoms with van der Waals surface area (Å²) in [5.41, 5.74) is 0. The molecule has 0 unspecified atom stereocenters. The molecule has 0 aliphatic carbocycles. The topological polar surface area (TPSA) is 44.8 Å². The van der Waals surface area contributed by atoms with Crippen molar-refractivity contribution in [2.45, 2.75) is 104 Å². The van der Waals surface area contributed by atoms with Gasteiger partial charge in [-0.05, 0) is 26.2 Å². The second-order valence-electron chi connectivity index (χ2n) is 6.86. The molecule has 0 N–H and O–H groups in total. The van der Waals surface area contributed by atoms with Gasteiger partial charge < -0.3 is 14.2 Å². The predicted molar refractivity (Wildman–Crippen MR) is 101 cm³/mol. The lowest BCUT2D eigenvalue weighted by atomic mass is 10.1. The average molecular weight is 355 g/mol. The van der Waals surface area contributed by atoms with Crippen molar-refractivity contribution in [1.82, 2.24) is 0 Å². The van der Waals surface area contributed by atoms with E-state index < -0.39 is 0 Å². The van der Waals surface area contributed by atoms with Gasteiger partial charge >= 0.3 is 5.97 Å². The zero-order valence-corrected chi connectivity index (χ0v) is 16.4. The predicted octanol–water partition coefficient (Wildman–Crippen LogP) is 5.90.